The number of aliphatic hydroxyl groups is 1. The number of piperidine rings is 1. The van der Waals surface area contributed by atoms with Crippen molar-refractivity contribution in [2.75, 3.05) is 31.1 Å². The first-order valence-corrected chi connectivity index (χ1v) is 8.52. The summed E-state index contributed by atoms with van der Waals surface area (Å²) in [5.74, 6) is 0.181. The first-order valence-electron chi connectivity index (χ1n) is 8.52. The van der Waals surface area contributed by atoms with E-state index in [-0.39, 0.29) is 5.91 Å². The Kier molecular flexibility index (Phi) is 4.79. The van der Waals surface area contributed by atoms with Gasteiger partial charge >= 0.3 is 0 Å². The number of carbonyl (C=O) groups is 1. The molecule has 3 rings (SSSR count). The van der Waals surface area contributed by atoms with Crippen molar-refractivity contribution in [3.8, 4) is 0 Å². The lowest BCUT2D eigenvalue weighted by atomic mass is 10.0. The van der Waals surface area contributed by atoms with Gasteiger partial charge in [-0.25, -0.2) is 0 Å². The molecule has 2 aliphatic heterocycles. The molecule has 1 aromatic carbocycles. The van der Waals surface area contributed by atoms with E-state index in [1.54, 1.807) is 0 Å². The number of fused-ring (bicyclic) bond motifs is 1. The van der Waals surface area contributed by atoms with Gasteiger partial charge in [-0.3, -0.25) is 4.79 Å². The normalized spacial score (nSPS) is 20.0. The van der Waals surface area contributed by atoms with Crippen molar-refractivity contribution in [2.24, 2.45) is 0 Å². The molecule has 1 N–H and O–H groups in total. The molecule has 1 atom stereocenters. The average Bonchev–Trinajstić information content (AvgIpc) is 2.98. The molecule has 2 aliphatic rings. The number of likely N-dealkylation sites (tertiary alicyclic amines) is 1. The average molecular weight is 302 g/mol. The monoisotopic (exact) mass is 302 g/mol. The fourth-order valence-corrected chi connectivity index (χ4v) is 3.57. The third kappa shape index (κ3) is 3.18. The Morgan fingerprint density at radius 3 is 2.73 bits per heavy atom. The van der Waals surface area contributed by atoms with E-state index in [2.05, 4.69) is 11.0 Å². The van der Waals surface area contributed by atoms with E-state index < -0.39 is 6.10 Å². The van der Waals surface area contributed by atoms with E-state index in [0.29, 0.717) is 6.42 Å². The molecule has 0 saturated carbocycles. The smallest absolute Gasteiger partial charge is 0.226 e. The zero-order valence-corrected chi connectivity index (χ0v) is 13.4. The summed E-state index contributed by atoms with van der Waals surface area (Å²) in [6.45, 7) is 5.59. The van der Waals surface area contributed by atoms with Crippen LogP contribution >= 0.6 is 0 Å². The van der Waals surface area contributed by atoms with Gasteiger partial charge in [0, 0.05) is 25.2 Å². The summed E-state index contributed by atoms with van der Waals surface area (Å²) in [6, 6.07) is 6.08. The summed E-state index contributed by atoms with van der Waals surface area (Å²) < 4.78 is 0. The maximum Gasteiger partial charge on any atom is 0.226 e. The molecule has 1 amide bonds. The summed E-state index contributed by atoms with van der Waals surface area (Å²) in [6.07, 6.45) is 4.80. The number of nitrogens with zero attached hydrogens (tertiary/aromatic N) is 2. The molecule has 22 heavy (non-hydrogen) atoms. The Bertz CT molecular complexity index is 538. The SMILES string of the molecule is CCC(=O)N1CCc2cc([C@@H](O)CN3CCCCC3)ccc21. The van der Waals surface area contributed by atoms with E-state index in [9.17, 15) is 9.90 Å². The number of aliphatic hydroxyl groups excluding tert-OH is 1. The first kappa shape index (κ1) is 15.5. The molecule has 0 aromatic heterocycles. The maximum absolute atomic E-state index is 11.9. The zero-order valence-electron chi connectivity index (χ0n) is 13.4. The number of carbonyl (C=O) groups excluding carboxylic acids is 1. The molecule has 1 fully saturated rings. The van der Waals surface area contributed by atoms with Crippen molar-refractivity contribution >= 4 is 11.6 Å². The molecule has 0 bridgehead atoms. The van der Waals surface area contributed by atoms with Crippen molar-refractivity contribution in [1.29, 1.82) is 0 Å². The van der Waals surface area contributed by atoms with Gasteiger partial charge in [0.15, 0.2) is 0 Å². The van der Waals surface area contributed by atoms with Crippen LogP contribution in [-0.2, 0) is 11.2 Å². The van der Waals surface area contributed by atoms with Gasteiger partial charge in [-0.15, -0.1) is 0 Å². The fraction of sp³-hybridized carbons (Fsp3) is 0.611. The molecule has 0 radical (unpaired) electrons. The topological polar surface area (TPSA) is 43.8 Å². The van der Waals surface area contributed by atoms with Gasteiger partial charge in [-0.2, -0.15) is 0 Å². The zero-order chi connectivity index (χ0) is 15.5. The highest BCUT2D eigenvalue weighted by Gasteiger charge is 2.25. The van der Waals surface area contributed by atoms with Crippen molar-refractivity contribution in [3.05, 3.63) is 29.3 Å². The Morgan fingerprint density at radius 2 is 2.00 bits per heavy atom. The van der Waals surface area contributed by atoms with Crippen LogP contribution in [0.2, 0.25) is 0 Å². The highest BCUT2D eigenvalue weighted by molar-refractivity contribution is 5.95. The number of benzene rings is 1. The predicted molar refractivity (Wildman–Crippen MR) is 88.0 cm³/mol. The minimum atomic E-state index is -0.431. The molecule has 4 nitrogen and oxygen atoms in total. The van der Waals surface area contributed by atoms with Crippen LogP contribution in [0.15, 0.2) is 18.2 Å². The second-order valence-corrected chi connectivity index (χ2v) is 6.41. The summed E-state index contributed by atoms with van der Waals surface area (Å²) >= 11 is 0. The van der Waals surface area contributed by atoms with Gasteiger partial charge in [0.1, 0.15) is 0 Å². The fourth-order valence-electron chi connectivity index (χ4n) is 3.57. The Labute approximate surface area is 132 Å². The van der Waals surface area contributed by atoms with Gasteiger partial charge in [-0.05, 0) is 49.5 Å². The van der Waals surface area contributed by atoms with Gasteiger partial charge < -0.3 is 14.9 Å². The van der Waals surface area contributed by atoms with Crippen molar-refractivity contribution in [1.82, 2.24) is 4.90 Å². The maximum atomic E-state index is 11.9. The first-order chi connectivity index (χ1) is 10.7. The molecule has 120 valence electrons. The Hall–Kier alpha value is -1.39. The third-order valence-corrected chi connectivity index (χ3v) is 4.87. The van der Waals surface area contributed by atoms with Crippen LogP contribution in [0.4, 0.5) is 5.69 Å². The number of β-amino-alcohol motifs (C(OH)–C–C–N with tert-alkyl or cyclic N) is 1. The van der Waals surface area contributed by atoms with Crippen LogP contribution in [0.1, 0.15) is 49.8 Å². The predicted octanol–water partition coefficient (Wildman–Crippen LogP) is 2.51. The molecule has 1 aromatic rings. The van der Waals surface area contributed by atoms with Gasteiger partial charge in [0.25, 0.3) is 0 Å². The van der Waals surface area contributed by atoms with Gasteiger partial charge in [0.2, 0.25) is 5.91 Å². The van der Waals surface area contributed by atoms with Crippen LogP contribution in [-0.4, -0.2) is 42.1 Å². The largest absolute Gasteiger partial charge is 0.387 e. The third-order valence-electron chi connectivity index (χ3n) is 4.87. The minimum Gasteiger partial charge on any atom is -0.387 e. The van der Waals surface area contributed by atoms with Crippen LogP contribution in [0, 0.1) is 0 Å². The van der Waals surface area contributed by atoms with Crippen LogP contribution < -0.4 is 4.90 Å². The number of hydrogen-bond donors (Lipinski definition) is 1. The summed E-state index contributed by atoms with van der Waals surface area (Å²) in [7, 11) is 0. The standard InChI is InChI=1S/C18H26N2O2/c1-2-18(22)20-11-8-14-12-15(6-7-16(14)20)17(21)13-19-9-4-3-5-10-19/h6-7,12,17,21H,2-5,8-11,13H2,1H3/t17-/m0/s1. The van der Waals surface area contributed by atoms with E-state index in [0.717, 1.165) is 43.9 Å². The molecule has 2 heterocycles. The second kappa shape index (κ2) is 6.80. The molecular weight excluding hydrogens is 276 g/mol. The Balaban J connectivity index is 1.69. The second-order valence-electron chi connectivity index (χ2n) is 6.41. The number of amides is 1. The van der Waals surface area contributed by atoms with Crippen molar-refractivity contribution in [2.45, 2.75) is 45.1 Å². The van der Waals surface area contributed by atoms with Gasteiger partial charge in [-0.1, -0.05) is 25.5 Å². The molecular formula is C18H26N2O2. The van der Waals surface area contributed by atoms with E-state index in [1.807, 2.05) is 24.0 Å². The van der Waals surface area contributed by atoms with Gasteiger partial charge in [0.05, 0.1) is 6.10 Å². The van der Waals surface area contributed by atoms with Crippen LogP contribution in [0.5, 0.6) is 0 Å². The molecule has 0 unspecified atom stereocenters. The number of anilines is 1. The van der Waals surface area contributed by atoms with E-state index in [1.165, 1.54) is 24.8 Å². The number of hydrogen-bond acceptors (Lipinski definition) is 3. The lowest BCUT2D eigenvalue weighted by molar-refractivity contribution is -0.118. The highest BCUT2D eigenvalue weighted by Crippen LogP contribution is 2.31. The molecule has 0 aliphatic carbocycles. The van der Waals surface area contributed by atoms with Crippen molar-refractivity contribution < 1.29 is 9.90 Å². The summed E-state index contributed by atoms with van der Waals surface area (Å²) in [5, 5.41) is 10.5. The van der Waals surface area contributed by atoms with Crippen LogP contribution in [0.3, 0.4) is 0 Å². The lowest BCUT2D eigenvalue weighted by Crippen LogP contribution is -2.33. The summed E-state index contributed by atoms with van der Waals surface area (Å²) in [5.41, 5.74) is 3.20. The lowest BCUT2D eigenvalue weighted by Gasteiger charge is -2.28. The number of rotatable bonds is 4. The van der Waals surface area contributed by atoms with Crippen molar-refractivity contribution in [3.63, 3.8) is 0 Å². The van der Waals surface area contributed by atoms with E-state index in [4.69, 9.17) is 0 Å². The Morgan fingerprint density at radius 1 is 1.23 bits per heavy atom. The van der Waals surface area contributed by atoms with E-state index >= 15 is 0 Å². The summed E-state index contributed by atoms with van der Waals surface area (Å²) in [4.78, 5) is 16.2. The highest BCUT2D eigenvalue weighted by atomic mass is 16.3. The molecule has 1 saturated heterocycles. The quantitative estimate of drug-likeness (QED) is 0.929. The van der Waals surface area contributed by atoms with Crippen LogP contribution in [0.25, 0.3) is 0 Å². The minimum absolute atomic E-state index is 0.181. The molecule has 4 heteroatoms. The molecule has 0 spiro atoms.